The topological polar surface area (TPSA) is 46.5 Å². The lowest BCUT2D eigenvalue weighted by Gasteiger charge is -2.12. The number of hydrogen-bond acceptors (Lipinski definition) is 4. The lowest BCUT2D eigenvalue weighted by molar-refractivity contribution is 0.529. The molecule has 0 aromatic carbocycles. The SMILES string of the molecule is CCc1nc(C2CC2)c(-c2n[nH]c(=S)n2C(C)CC)s1. The maximum atomic E-state index is 5.40. The first-order valence-electron chi connectivity index (χ1n) is 7.32. The molecule has 0 amide bonds. The molecule has 2 heterocycles. The van der Waals surface area contributed by atoms with E-state index in [1.807, 2.05) is 0 Å². The van der Waals surface area contributed by atoms with Gasteiger partial charge in [-0.1, -0.05) is 13.8 Å². The highest BCUT2D eigenvalue weighted by molar-refractivity contribution is 7.71. The van der Waals surface area contributed by atoms with Crippen LogP contribution in [0.3, 0.4) is 0 Å². The Morgan fingerprint density at radius 2 is 2.20 bits per heavy atom. The summed E-state index contributed by atoms with van der Waals surface area (Å²) in [5.41, 5.74) is 1.24. The Kier molecular flexibility index (Phi) is 3.77. The molecule has 3 rings (SSSR count). The predicted molar refractivity (Wildman–Crippen MR) is 84.9 cm³/mol. The molecule has 0 bridgehead atoms. The normalized spacial score (nSPS) is 16.6. The summed E-state index contributed by atoms with van der Waals surface area (Å²) < 4.78 is 2.86. The van der Waals surface area contributed by atoms with E-state index in [4.69, 9.17) is 17.2 Å². The summed E-state index contributed by atoms with van der Waals surface area (Å²) in [7, 11) is 0. The minimum absolute atomic E-state index is 0.357. The maximum Gasteiger partial charge on any atom is 0.195 e. The molecule has 108 valence electrons. The van der Waals surface area contributed by atoms with Crippen LogP contribution in [0.4, 0.5) is 0 Å². The van der Waals surface area contributed by atoms with Crippen molar-refractivity contribution in [2.45, 2.75) is 58.4 Å². The number of thiazole rings is 1. The molecular formula is C14H20N4S2. The molecule has 0 saturated heterocycles. The second-order valence-electron chi connectivity index (χ2n) is 5.43. The van der Waals surface area contributed by atoms with Crippen molar-refractivity contribution in [1.29, 1.82) is 0 Å². The molecule has 20 heavy (non-hydrogen) atoms. The predicted octanol–water partition coefficient (Wildman–Crippen LogP) is 4.47. The molecule has 1 fully saturated rings. The Labute approximate surface area is 128 Å². The van der Waals surface area contributed by atoms with Crippen LogP contribution in [0, 0.1) is 4.77 Å². The number of aromatic amines is 1. The first-order valence-corrected chi connectivity index (χ1v) is 8.55. The van der Waals surface area contributed by atoms with Gasteiger partial charge < -0.3 is 0 Å². The molecule has 0 aliphatic heterocycles. The molecule has 0 radical (unpaired) electrons. The summed E-state index contributed by atoms with van der Waals surface area (Å²) in [4.78, 5) is 6.04. The number of H-pyrrole nitrogens is 1. The second-order valence-corrected chi connectivity index (χ2v) is 6.90. The lowest BCUT2D eigenvalue weighted by atomic mass is 10.2. The number of hydrogen-bond donors (Lipinski definition) is 1. The van der Waals surface area contributed by atoms with E-state index >= 15 is 0 Å². The van der Waals surface area contributed by atoms with Crippen LogP contribution in [-0.2, 0) is 6.42 Å². The van der Waals surface area contributed by atoms with Gasteiger partial charge in [0.05, 0.1) is 15.6 Å². The van der Waals surface area contributed by atoms with Gasteiger partial charge in [-0.05, 0) is 44.8 Å². The molecule has 0 spiro atoms. The van der Waals surface area contributed by atoms with Crippen molar-refractivity contribution in [3.63, 3.8) is 0 Å². The van der Waals surface area contributed by atoms with Gasteiger partial charge in [-0.15, -0.1) is 11.3 Å². The van der Waals surface area contributed by atoms with Gasteiger partial charge in [-0.3, -0.25) is 9.67 Å². The Morgan fingerprint density at radius 3 is 2.80 bits per heavy atom. The van der Waals surface area contributed by atoms with E-state index in [1.54, 1.807) is 11.3 Å². The summed E-state index contributed by atoms with van der Waals surface area (Å²) in [6.45, 7) is 6.52. The molecule has 1 N–H and O–H groups in total. The molecule has 1 saturated carbocycles. The van der Waals surface area contributed by atoms with Crippen LogP contribution >= 0.6 is 23.6 Å². The number of rotatable bonds is 5. The summed E-state index contributed by atoms with van der Waals surface area (Å²) >= 11 is 7.18. The number of aromatic nitrogens is 4. The Hall–Kier alpha value is -1.01. The molecule has 4 nitrogen and oxygen atoms in total. The third-order valence-electron chi connectivity index (χ3n) is 3.90. The monoisotopic (exact) mass is 308 g/mol. The molecule has 2 aromatic rings. The van der Waals surface area contributed by atoms with Gasteiger partial charge in [-0.2, -0.15) is 5.10 Å². The fourth-order valence-electron chi connectivity index (χ4n) is 2.38. The van der Waals surface area contributed by atoms with Gasteiger partial charge in [0.15, 0.2) is 10.6 Å². The zero-order valence-electron chi connectivity index (χ0n) is 12.1. The smallest absolute Gasteiger partial charge is 0.195 e. The highest BCUT2D eigenvalue weighted by Crippen LogP contribution is 2.46. The average molecular weight is 308 g/mol. The fraction of sp³-hybridized carbons (Fsp3) is 0.643. The van der Waals surface area contributed by atoms with Gasteiger partial charge in [0.1, 0.15) is 0 Å². The summed E-state index contributed by atoms with van der Waals surface area (Å²) in [5.74, 6) is 1.61. The number of aryl methyl sites for hydroxylation is 1. The first-order chi connectivity index (χ1) is 9.65. The molecule has 1 aliphatic carbocycles. The molecule has 1 aliphatic rings. The van der Waals surface area contributed by atoms with Crippen molar-refractivity contribution in [1.82, 2.24) is 19.7 Å². The quantitative estimate of drug-likeness (QED) is 0.829. The minimum Gasteiger partial charge on any atom is -0.297 e. The Bertz CT molecular complexity index is 663. The third kappa shape index (κ3) is 2.35. The van der Waals surface area contributed by atoms with E-state index in [1.165, 1.54) is 28.4 Å². The number of nitrogens with one attached hydrogen (secondary N) is 1. The third-order valence-corrected chi connectivity index (χ3v) is 5.40. The summed E-state index contributed by atoms with van der Waals surface area (Å²) in [5, 5.41) is 8.65. The van der Waals surface area contributed by atoms with Crippen molar-refractivity contribution >= 4 is 23.6 Å². The van der Waals surface area contributed by atoms with Crippen molar-refractivity contribution in [2.75, 3.05) is 0 Å². The maximum absolute atomic E-state index is 5.40. The highest BCUT2D eigenvalue weighted by atomic mass is 32.1. The molecule has 1 atom stereocenters. The summed E-state index contributed by atoms with van der Waals surface area (Å²) in [6.07, 6.45) is 4.54. The Morgan fingerprint density at radius 1 is 1.45 bits per heavy atom. The van der Waals surface area contributed by atoms with E-state index in [0.29, 0.717) is 16.7 Å². The molecule has 1 unspecified atom stereocenters. The molecule has 2 aromatic heterocycles. The largest absolute Gasteiger partial charge is 0.297 e. The molecule has 6 heteroatoms. The van der Waals surface area contributed by atoms with Crippen LogP contribution in [-0.4, -0.2) is 19.7 Å². The van der Waals surface area contributed by atoms with E-state index in [-0.39, 0.29) is 0 Å². The highest BCUT2D eigenvalue weighted by Gasteiger charge is 2.32. The van der Waals surface area contributed by atoms with Crippen molar-refractivity contribution < 1.29 is 0 Å². The van der Waals surface area contributed by atoms with E-state index < -0.39 is 0 Å². The summed E-state index contributed by atoms with van der Waals surface area (Å²) in [6, 6.07) is 0.357. The van der Waals surface area contributed by atoms with Crippen LogP contribution in [0.1, 0.15) is 62.7 Å². The van der Waals surface area contributed by atoms with Crippen LogP contribution in [0.15, 0.2) is 0 Å². The van der Waals surface area contributed by atoms with Crippen LogP contribution in [0.5, 0.6) is 0 Å². The van der Waals surface area contributed by atoms with Gasteiger partial charge in [0.2, 0.25) is 0 Å². The Balaban J connectivity index is 2.13. The van der Waals surface area contributed by atoms with Crippen molar-refractivity contribution in [3.05, 3.63) is 15.5 Å². The standard InChI is InChI=1S/C14H20N4S2/c1-4-8(3)18-13(16-17-14(18)19)12-11(9-6-7-9)15-10(5-2)20-12/h8-9H,4-7H2,1-3H3,(H,17,19). The molecular weight excluding hydrogens is 288 g/mol. The van der Waals surface area contributed by atoms with Crippen molar-refractivity contribution in [2.24, 2.45) is 0 Å². The van der Waals surface area contributed by atoms with Crippen LogP contribution in [0.25, 0.3) is 10.7 Å². The lowest BCUT2D eigenvalue weighted by Crippen LogP contribution is -2.06. The minimum atomic E-state index is 0.357. The number of nitrogens with zero attached hydrogens (tertiary/aromatic N) is 3. The van der Waals surface area contributed by atoms with Gasteiger partial charge in [-0.25, -0.2) is 4.98 Å². The van der Waals surface area contributed by atoms with Crippen LogP contribution < -0.4 is 0 Å². The zero-order chi connectivity index (χ0) is 14.3. The second kappa shape index (κ2) is 5.41. The van der Waals surface area contributed by atoms with Gasteiger partial charge in [0.25, 0.3) is 0 Å². The van der Waals surface area contributed by atoms with Crippen molar-refractivity contribution in [3.8, 4) is 10.7 Å². The fourth-order valence-corrected chi connectivity index (χ4v) is 3.77. The zero-order valence-corrected chi connectivity index (χ0v) is 13.8. The first kappa shape index (κ1) is 13.9. The van der Waals surface area contributed by atoms with Gasteiger partial charge in [0, 0.05) is 12.0 Å². The van der Waals surface area contributed by atoms with E-state index in [0.717, 1.165) is 18.7 Å². The van der Waals surface area contributed by atoms with E-state index in [9.17, 15) is 0 Å². The average Bonchev–Trinajstić information content (AvgIpc) is 3.10. The van der Waals surface area contributed by atoms with Gasteiger partial charge >= 0.3 is 0 Å². The van der Waals surface area contributed by atoms with E-state index in [2.05, 4.69) is 35.5 Å². The van der Waals surface area contributed by atoms with Crippen LogP contribution in [0.2, 0.25) is 0 Å².